The van der Waals surface area contributed by atoms with Crippen LogP contribution in [0.4, 0.5) is 5.69 Å². The van der Waals surface area contributed by atoms with Gasteiger partial charge < -0.3 is 5.32 Å². The lowest BCUT2D eigenvalue weighted by atomic mass is 10.1. The Bertz CT molecular complexity index is 917. The number of hydrogen-bond donors (Lipinski definition) is 2. The third-order valence-corrected chi connectivity index (χ3v) is 4.62. The molecule has 0 fully saturated rings. The molecule has 6 heteroatoms. The van der Waals surface area contributed by atoms with Crippen LogP contribution in [0, 0.1) is 0 Å². The molecule has 130 valence electrons. The molecule has 0 aliphatic rings. The van der Waals surface area contributed by atoms with Crippen LogP contribution in [0.25, 0.3) is 0 Å². The lowest BCUT2D eigenvalue weighted by molar-refractivity contribution is 0.0954. The van der Waals surface area contributed by atoms with Gasteiger partial charge in [0, 0.05) is 21.7 Å². The molecule has 2 aromatic carbocycles. The molecule has 0 aliphatic heterocycles. The summed E-state index contributed by atoms with van der Waals surface area (Å²) in [5.74, 6) is -0.499. The van der Waals surface area contributed by atoms with E-state index in [0.717, 1.165) is 10.6 Å². The smallest absolute Gasteiger partial charge is 0.271 e. The lowest BCUT2D eigenvalue weighted by Gasteiger charge is -2.06. The van der Waals surface area contributed by atoms with Crippen LogP contribution in [0.1, 0.15) is 32.5 Å². The van der Waals surface area contributed by atoms with Crippen LogP contribution in [0.3, 0.4) is 0 Å². The van der Waals surface area contributed by atoms with Gasteiger partial charge in [-0.3, -0.25) is 9.59 Å². The standard InChI is InChI=1S/C20H17N3O2S/c1-14(18-8-5-13-26-18)22-23-20(25)16-9-11-17(12-10-16)21-19(24)15-6-3-2-4-7-15/h2-13H,1H3,(H,21,24)(H,23,25)/b22-14+. The average Bonchev–Trinajstić information content (AvgIpc) is 3.22. The molecule has 0 radical (unpaired) electrons. The van der Waals surface area contributed by atoms with Gasteiger partial charge >= 0.3 is 0 Å². The summed E-state index contributed by atoms with van der Waals surface area (Å²) < 4.78 is 0. The Morgan fingerprint density at radius 3 is 2.19 bits per heavy atom. The van der Waals surface area contributed by atoms with Crippen molar-refractivity contribution in [3.05, 3.63) is 88.1 Å². The number of rotatable bonds is 5. The van der Waals surface area contributed by atoms with Gasteiger partial charge in [0.15, 0.2) is 0 Å². The number of hydrogen-bond acceptors (Lipinski definition) is 4. The Morgan fingerprint density at radius 2 is 1.54 bits per heavy atom. The number of carbonyl (C=O) groups excluding carboxylic acids is 2. The van der Waals surface area contributed by atoms with Gasteiger partial charge in [-0.2, -0.15) is 5.10 Å². The highest BCUT2D eigenvalue weighted by molar-refractivity contribution is 7.12. The molecule has 3 rings (SSSR count). The Kier molecular flexibility index (Phi) is 5.56. The number of hydrazone groups is 1. The third kappa shape index (κ3) is 4.43. The van der Waals surface area contributed by atoms with Crippen molar-refractivity contribution >= 4 is 34.6 Å². The summed E-state index contributed by atoms with van der Waals surface area (Å²) in [5.41, 5.74) is 4.95. The molecule has 1 heterocycles. The molecule has 0 aliphatic carbocycles. The maximum Gasteiger partial charge on any atom is 0.271 e. The van der Waals surface area contributed by atoms with Crippen molar-refractivity contribution in [1.29, 1.82) is 0 Å². The maximum atomic E-state index is 12.2. The Hall–Kier alpha value is -3.25. The zero-order chi connectivity index (χ0) is 18.4. The fraction of sp³-hybridized carbons (Fsp3) is 0.0500. The summed E-state index contributed by atoms with van der Waals surface area (Å²) in [6.45, 7) is 1.84. The quantitative estimate of drug-likeness (QED) is 0.528. The molecule has 0 saturated carbocycles. The van der Waals surface area contributed by atoms with E-state index in [2.05, 4.69) is 15.8 Å². The molecule has 2 N–H and O–H groups in total. The van der Waals surface area contributed by atoms with Gasteiger partial charge in [-0.1, -0.05) is 24.3 Å². The number of benzene rings is 2. The SMILES string of the molecule is C/C(=N\NC(=O)c1ccc(NC(=O)c2ccccc2)cc1)c1cccs1. The summed E-state index contributed by atoms with van der Waals surface area (Å²) >= 11 is 1.56. The number of anilines is 1. The minimum atomic E-state index is -0.304. The highest BCUT2D eigenvalue weighted by Gasteiger charge is 2.08. The van der Waals surface area contributed by atoms with Crippen molar-refractivity contribution in [2.75, 3.05) is 5.32 Å². The number of nitrogens with one attached hydrogen (secondary N) is 2. The van der Waals surface area contributed by atoms with E-state index >= 15 is 0 Å². The molecule has 0 atom stereocenters. The first kappa shape index (κ1) is 17.6. The maximum absolute atomic E-state index is 12.2. The van der Waals surface area contributed by atoms with Crippen molar-refractivity contribution in [2.45, 2.75) is 6.92 Å². The second-order valence-corrected chi connectivity index (χ2v) is 6.46. The molecule has 3 aromatic rings. The molecule has 26 heavy (non-hydrogen) atoms. The largest absolute Gasteiger partial charge is 0.322 e. The fourth-order valence-electron chi connectivity index (χ4n) is 2.24. The van der Waals surface area contributed by atoms with Crippen molar-refractivity contribution < 1.29 is 9.59 Å². The molecule has 0 spiro atoms. The minimum Gasteiger partial charge on any atom is -0.322 e. The van der Waals surface area contributed by atoms with Gasteiger partial charge in [-0.15, -0.1) is 11.3 Å². The number of carbonyl (C=O) groups is 2. The van der Waals surface area contributed by atoms with E-state index in [1.54, 1.807) is 59.9 Å². The van der Waals surface area contributed by atoms with Crippen LogP contribution < -0.4 is 10.7 Å². The van der Waals surface area contributed by atoms with Crippen molar-refractivity contribution in [2.24, 2.45) is 5.10 Å². The van der Waals surface area contributed by atoms with Crippen molar-refractivity contribution in [1.82, 2.24) is 5.43 Å². The van der Waals surface area contributed by atoms with Crippen molar-refractivity contribution in [3.8, 4) is 0 Å². The second kappa shape index (κ2) is 8.22. The van der Waals surface area contributed by atoms with Gasteiger partial charge in [-0.05, 0) is 54.8 Å². The fourth-order valence-corrected chi connectivity index (χ4v) is 2.91. The van der Waals surface area contributed by atoms with Crippen LogP contribution in [-0.4, -0.2) is 17.5 Å². The molecule has 0 unspecified atom stereocenters. The minimum absolute atomic E-state index is 0.195. The Labute approximate surface area is 155 Å². The van der Waals surface area contributed by atoms with E-state index in [4.69, 9.17) is 0 Å². The Balaban J connectivity index is 1.61. The first-order valence-electron chi connectivity index (χ1n) is 7.98. The van der Waals surface area contributed by atoms with Gasteiger partial charge in [0.05, 0.1) is 5.71 Å². The number of thiophene rings is 1. The van der Waals surface area contributed by atoms with Crippen LogP contribution in [0.5, 0.6) is 0 Å². The van der Waals surface area contributed by atoms with E-state index in [9.17, 15) is 9.59 Å². The summed E-state index contributed by atoms with van der Waals surface area (Å²) in [6.07, 6.45) is 0. The van der Waals surface area contributed by atoms with Crippen molar-refractivity contribution in [3.63, 3.8) is 0 Å². The van der Waals surface area contributed by atoms with Crippen LogP contribution in [0.2, 0.25) is 0 Å². The molecular weight excluding hydrogens is 346 g/mol. The summed E-state index contributed by atoms with van der Waals surface area (Å²) in [5, 5.41) is 8.86. The van der Waals surface area contributed by atoms with E-state index in [1.807, 2.05) is 30.5 Å². The van der Waals surface area contributed by atoms with Gasteiger partial charge in [-0.25, -0.2) is 5.43 Å². The average molecular weight is 363 g/mol. The molecule has 1 aromatic heterocycles. The molecule has 0 saturated heterocycles. The summed E-state index contributed by atoms with van der Waals surface area (Å²) in [4.78, 5) is 25.3. The first-order valence-corrected chi connectivity index (χ1v) is 8.86. The third-order valence-electron chi connectivity index (χ3n) is 3.64. The zero-order valence-electron chi connectivity index (χ0n) is 14.1. The second-order valence-electron chi connectivity index (χ2n) is 5.51. The molecular formula is C20H17N3O2S. The van der Waals surface area contributed by atoms with E-state index < -0.39 is 0 Å². The zero-order valence-corrected chi connectivity index (χ0v) is 14.9. The van der Waals surface area contributed by atoms with Gasteiger partial charge in [0.25, 0.3) is 11.8 Å². The Morgan fingerprint density at radius 1 is 0.846 bits per heavy atom. The van der Waals surface area contributed by atoms with Crippen LogP contribution >= 0.6 is 11.3 Å². The predicted octanol–water partition coefficient (Wildman–Crippen LogP) is 4.15. The van der Waals surface area contributed by atoms with E-state index in [0.29, 0.717) is 16.8 Å². The molecule has 5 nitrogen and oxygen atoms in total. The summed E-state index contributed by atoms with van der Waals surface area (Å²) in [7, 11) is 0. The topological polar surface area (TPSA) is 70.6 Å². The van der Waals surface area contributed by atoms with Crippen LogP contribution in [0.15, 0.2) is 77.2 Å². The molecule has 0 bridgehead atoms. The summed E-state index contributed by atoms with van der Waals surface area (Å²) in [6, 6.07) is 19.5. The van der Waals surface area contributed by atoms with Crippen LogP contribution in [-0.2, 0) is 0 Å². The number of nitrogens with zero attached hydrogens (tertiary/aromatic N) is 1. The van der Waals surface area contributed by atoms with E-state index in [-0.39, 0.29) is 11.8 Å². The van der Waals surface area contributed by atoms with Gasteiger partial charge in [0.2, 0.25) is 0 Å². The highest BCUT2D eigenvalue weighted by atomic mass is 32.1. The highest BCUT2D eigenvalue weighted by Crippen LogP contribution is 2.12. The predicted molar refractivity (Wildman–Crippen MR) is 105 cm³/mol. The van der Waals surface area contributed by atoms with E-state index in [1.165, 1.54) is 0 Å². The lowest BCUT2D eigenvalue weighted by Crippen LogP contribution is -2.19. The van der Waals surface area contributed by atoms with Gasteiger partial charge in [0.1, 0.15) is 0 Å². The normalized spacial score (nSPS) is 11.0. The number of amides is 2. The molecule has 2 amide bonds. The monoisotopic (exact) mass is 363 g/mol. The first-order chi connectivity index (χ1) is 12.6.